The number of sulfonamides is 1. The third-order valence-electron chi connectivity index (χ3n) is 4.85. The molecule has 1 unspecified atom stereocenters. The molecule has 0 spiro atoms. The number of rotatable bonds is 7. The van der Waals surface area contributed by atoms with Crippen LogP contribution in [-0.4, -0.2) is 67.3 Å². The van der Waals surface area contributed by atoms with Crippen molar-refractivity contribution in [3.63, 3.8) is 0 Å². The first-order chi connectivity index (χ1) is 12.6. The molecule has 1 heterocycles. The Balaban J connectivity index is 2.15. The van der Waals surface area contributed by atoms with E-state index in [1.807, 2.05) is 0 Å². The molecule has 1 saturated heterocycles. The summed E-state index contributed by atoms with van der Waals surface area (Å²) in [5, 5.41) is 11.7. The Morgan fingerprint density at radius 1 is 1.26 bits per heavy atom. The molecule has 8 nitrogen and oxygen atoms in total. The number of anilines is 1. The number of aryl methyl sites for hydroxylation is 1. The maximum absolute atomic E-state index is 12.8. The lowest BCUT2D eigenvalue weighted by Crippen LogP contribution is -2.40. The molecule has 0 bridgehead atoms. The predicted octanol–water partition coefficient (Wildman–Crippen LogP) is 1.51. The van der Waals surface area contributed by atoms with Crippen molar-refractivity contribution in [3.8, 4) is 0 Å². The molecule has 2 N–H and O–H groups in total. The zero-order valence-electron chi connectivity index (χ0n) is 15.9. The van der Waals surface area contributed by atoms with Crippen molar-refractivity contribution in [2.24, 2.45) is 0 Å². The summed E-state index contributed by atoms with van der Waals surface area (Å²) >= 11 is 0. The highest BCUT2D eigenvalue weighted by Crippen LogP contribution is 2.25. The predicted molar refractivity (Wildman–Crippen MR) is 102 cm³/mol. The molecule has 0 radical (unpaired) electrons. The molecule has 2 rings (SSSR count). The van der Waals surface area contributed by atoms with E-state index in [0.717, 1.165) is 24.8 Å². The van der Waals surface area contributed by atoms with Crippen molar-refractivity contribution in [2.75, 3.05) is 32.0 Å². The number of nitrogens with zero attached hydrogens (tertiary/aromatic N) is 2. The molecule has 1 aromatic rings. The third-order valence-corrected chi connectivity index (χ3v) is 6.74. The van der Waals surface area contributed by atoms with Gasteiger partial charge in [0.15, 0.2) is 0 Å². The molecule has 0 aromatic heterocycles. The van der Waals surface area contributed by atoms with Crippen LogP contribution < -0.4 is 5.32 Å². The summed E-state index contributed by atoms with van der Waals surface area (Å²) in [4.78, 5) is 24.8. The van der Waals surface area contributed by atoms with Crippen molar-refractivity contribution >= 4 is 27.6 Å². The number of benzene rings is 1. The molecule has 0 saturated carbocycles. The SMILES string of the molecule is Cc1ccc(S(=O)(=O)N2CCCCC2)cc1NC(=O)CN(C)C(C)C(=O)O. The lowest BCUT2D eigenvalue weighted by molar-refractivity contribution is -0.142. The number of carboxylic acid groups (broad SMARTS) is 1. The lowest BCUT2D eigenvalue weighted by Gasteiger charge is -2.26. The second-order valence-corrected chi connectivity index (χ2v) is 8.86. The first-order valence-electron chi connectivity index (χ1n) is 8.96. The fourth-order valence-corrected chi connectivity index (χ4v) is 4.44. The standard InChI is InChI=1S/C18H27N3O5S/c1-13-7-8-15(27(25,26)21-9-5-4-6-10-21)11-16(13)19-17(22)12-20(3)14(2)18(23)24/h7-8,11,14H,4-6,9-10,12H2,1-3H3,(H,19,22)(H,23,24). The van der Waals surface area contributed by atoms with Crippen LogP contribution in [0.2, 0.25) is 0 Å². The van der Waals surface area contributed by atoms with Crippen molar-refractivity contribution < 1.29 is 23.1 Å². The monoisotopic (exact) mass is 397 g/mol. The van der Waals surface area contributed by atoms with Crippen LogP contribution in [-0.2, 0) is 19.6 Å². The van der Waals surface area contributed by atoms with E-state index in [4.69, 9.17) is 5.11 Å². The molecule has 1 aromatic carbocycles. The highest BCUT2D eigenvalue weighted by Gasteiger charge is 2.26. The van der Waals surface area contributed by atoms with Gasteiger partial charge in [-0.15, -0.1) is 0 Å². The fourth-order valence-electron chi connectivity index (χ4n) is 2.89. The number of hydrogen-bond donors (Lipinski definition) is 2. The van der Waals surface area contributed by atoms with Gasteiger partial charge in [0, 0.05) is 18.8 Å². The number of amides is 1. The molecule has 1 aliphatic rings. The first-order valence-corrected chi connectivity index (χ1v) is 10.4. The first kappa shape index (κ1) is 21.3. The van der Waals surface area contributed by atoms with E-state index in [1.54, 1.807) is 26.1 Å². The van der Waals surface area contributed by atoms with Gasteiger partial charge in [-0.2, -0.15) is 4.31 Å². The van der Waals surface area contributed by atoms with E-state index in [1.165, 1.54) is 22.2 Å². The average molecular weight is 397 g/mol. The molecule has 0 aliphatic carbocycles. The zero-order valence-corrected chi connectivity index (χ0v) is 16.8. The second kappa shape index (κ2) is 8.81. The molecule has 27 heavy (non-hydrogen) atoms. The van der Waals surface area contributed by atoms with Crippen LogP contribution in [0.5, 0.6) is 0 Å². The fraction of sp³-hybridized carbons (Fsp3) is 0.556. The minimum atomic E-state index is -3.59. The molecule has 1 fully saturated rings. The van der Waals surface area contributed by atoms with Gasteiger partial charge in [-0.3, -0.25) is 14.5 Å². The van der Waals surface area contributed by atoms with Gasteiger partial charge in [-0.1, -0.05) is 12.5 Å². The number of likely N-dealkylation sites (N-methyl/N-ethyl adjacent to an activating group) is 1. The van der Waals surface area contributed by atoms with E-state index in [0.29, 0.717) is 18.8 Å². The summed E-state index contributed by atoms with van der Waals surface area (Å²) in [5.74, 6) is -1.42. The normalized spacial score (nSPS) is 16.9. The van der Waals surface area contributed by atoms with Crippen LogP contribution in [0.25, 0.3) is 0 Å². The number of carboxylic acids is 1. The van der Waals surface area contributed by atoms with Gasteiger partial charge in [0.2, 0.25) is 15.9 Å². The Morgan fingerprint density at radius 3 is 2.48 bits per heavy atom. The molecule has 1 aliphatic heterocycles. The zero-order chi connectivity index (χ0) is 20.2. The van der Waals surface area contributed by atoms with Crippen LogP contribution in [0.4, 0.5) is 5.69 Å². The van der Waals surface area contributed by atoms with Crippen LogP contribution >= 0.6 is 0 Å². The summed E-state index contributed by atoms with van der Waals surface area (Å²) in [6, 6.07) is 3.88. The maximum atomic E-state index is 12.8. The van der Waals surface area contributed by atoms with E-state index in [9.17, 15) is 18.0 Å². The molecular formula is C18H27N3O5S. The Hall–Kier alpha value is -1.97. The van der Waals surface area contributed by atoms with E-state index in [-0.39, 0.29) is 11.4 Å². The molecule has 1 amide bonds. The van der Waals surface area contributed by atoms with E-state index >= 15 is 0 Å². The van der Waals surface area contributed by atoms with Crippen molar-refractivity contribution in [2.45, 2.75) is 44.0 Å². The minimum absolute atomic E-state index is 0.115. The van der Waals surface area contributed by atoms with Gasteiger partial charge < -0.3 is 10.4 Å². The summed E-state index contributed by atoms with van der Waals surface area (Å²) in [7, 11) is -2.05. The summed E-state index contributed by atoms with van der Waals surface area (Å²) in [6.07, 6.45) is 2.73. The minimum Gasteiger partial charge on any atom is -0.480 e. The Labute approximate surface area is 160 Å². The molecular weight excluding hydrogens is 370 g/mol. The number of piperidine rings is 1. The highest BCUT2D eigenvalue weighted by molar-refractivity contribution is 7.89. The topological polar surface area (TPSA) is 107 Å². The Kier molecular flexibility index (Phi) is 6.96. The van der Waals surface area contributed by atoms with Gasteiger partial charge in [-0.25, -0.2) is 8.42 Å². The van der Waals surface area contributed by atoms with Crippen LogP contribution in [0.1, 0.15) is 31.7 Å². The molecule has 150 valence electrons. The van der Waals surface area contributed by atoms with Crippen LogP contribution in [0, 0.1) is 6.92 Å². The Morgan fingerprint density at radius 2 is 1.89 bits per heavy atom. The summed E-state index contributed by atoms with van der Waals surface area (Å²) in [5.41, 5.74) is 1.14. The largest absolute Gasteiger partial charge is 0.480 e. The number of carbonyl (C=O) groups excluding carboxylic acids is 1. The van der Waals surface area contributed by atoms with E-state index in [2.05, 4.69) is 5.32 Å². The summed E-state index contributed by atoms with van der Waals surface area (Å²) in [6.45, 7) is 4.17. The third kappa shape index (κ3) is 5.27. The number of aliphatic carboxylic acids is 1. The van der Waals surface area contributed by atoms with Crippen molar-refractivity contribution in [1.82, 2.24) is 9.21 Å². The second-order valence-electron chi connectivity index (χ2n) is 6.92. The van der Waals surface area contributed by atoms with Gasteiger partial charge >= 0.3 is 5.97 Å². The van der Waals surface area contributed by atoms with E-state index < -0.39 is 27.9 Å². The smallest absolute Gasteiger partial charge is 0.320 e. The van der Waals surface area contributed by atoms with Gasteiger partial charge in [0.05, 0.1) is 11.4 Å². The number of carbonyl (C=O) groups is 2. The highest BCUT2D eigenvalue weighted by atomic mass is 32.2. The average Bonchev–Trinajstić information content (AvgIpc) is 2.63. The van der Waals surface area contributed by atoms with Gasteiger partial charge in [-0.05, 0) is 51.4 Å². The van der Waals surface area contributed by atoms with Crippen LogP contribution in [0.15, 0.2) is 23.1 Å². The van der Waals surface area contributed by atoms with Gasteiger partial charge in [0.25, 0.3) is 0 Å². The maximum Gasteiger partial charge on any atom is 0.320 e. The summed E-state index contributed by atoms with van der Waals surface area (Å²) < 4.78 is 27.1. The number of nitrogens with one attached hydrogen (secondary N) is 1. The van der Waals surface area contributed by atoms with Crippen LogP contribution in [0.3, 0.4) is 0 Å². The van der Waals surface area contributed by atoms with Gasteiger partial charge in [0.1, 0.15) is 6.04 Å². The Bertz CT molecular complexity index is 803. The quantitative estimate of drug-likeness (QED) is 0.722. The molecule has 1 atom stereocenters. The molecule has 9 heteroatoms. The van der Waals surface area contributed by atoms with Crippen molar-refractivity contribution in [3.05, 3.63) is 23.8 Å². The van der Waals surface area contributed by atoms with Crippen molar-refractivity contribution in [1.29, 1.82) is 0 Å². The number of hydrogen-bond acceptors (Lipinski definition) is 5. The lowest BCUT2D eigenvalue weighted by atomic mass is 10.2.